The summed E-state index contributed by atoms with van der Waals surface area (Å²) in [5, 5.41) is 13.5. The molecule has 1 saturated heterocycles. The van der Waals surface area contributed by atoms with Crippen LogP contribution < -0.4 is 32.3 Å². The number of rotatable bonds is 14. The van der Waals surface area contributed by atoms with E-state index in [-0.39, 0.29) is 31.5 Å². The van der Waals surface area contributed by atoms with Gasteiger partial charge in [-0.3, -0.25) is 28.8 Å². The summed E-state index contributed by atoms with van der Waals surface area (Å²) in [6.45, 7) is 5.22. The molecule has 16 heteroatoms. The molecular weight excluding hydrogens is 747 g/mol. The molecule has 1 aromatic rings. The van der Waals surface area contributed by atoms with Crippen molar-refractivity contribution >= 4 is 41.5 Å². The number of benzene rings is 1. The van der Waals surface area contributed by atoms with Gasteiger partial charge in [-0.2, -0.15) is 0 Å². The lowest BCUT2D eigenvalue weighted by Crippen LogP contribution is -2.62. The average Bonchev–Trinajstić information content (AvgIpc) is 3.49. The van der Waals surface area contributed by atoms with E-state index in [1.807, 2.05) is 13.0 Å². The molecule has 0 spiro atoms. The molecule has 0 aromatic heterocycles. The topological polar surface area (TPSA) is 227 Å². The summed E-state index contributed by atoms with van der Waals surface area (Å²) >= 11 is 0. The molecule has 6 atom stereocenters. The number of hydrogen-bond acceptors (Lipinski definition) is 9. The summed E-state index contributed by atoms with van der Waals surface area (Å²) in [5.41, 5.74) is 6.23. The number of unbranched alkanes of at least 4 members (excludes halogenated alkanes) is 3. The Kier molecular flexibility index (Phi) is 21.0. The maximum absolute atomic E-state index is 14.4. The quantitative estimate of drug-likeness (QED) is 0.120. The first-order valence-corrected chi connectivity index (χ1v) is 21.1. The van der Waals surface area contributed by atoms with Gasteiger partial charge in [-0.25, -0.2) is 4.79 Å². The van der Waals surface area contributed by atoms with Gasteiger partial charge in [0.05, 0.1) is 32.1 Å². The second-order valence-corrected chi connectivity index (χ2v) is 15.7. The van der Waals surface area contributed by atoms with Gasteiger partial charge < -0.3 is 46.7 Å². The van der Waals surface area contributed by atoms with Crippen molar-refractivity contribution < 1.29 is 43.0 Å². The molecule has 1 aliphatic heterocycles. The zero-order chi connectivity index (χ0) is 42.5. The van der Waals surface area contributed by atoms with Gasteiger partial charge in [0.1, 0.15) is 30.8 Å². The van der Waals surface area contributed by atoms with Crippen LogP contribution in [0.1, 0.15) is 123 Å². The summed E-state index contributed by atoms with van der Waals surface area (Å²) in [6, 6.07) is 3.48. The van der Waals surface area contributed by atoms with Crippen molar-refractivity contribution in [1.29, 1.82) is 0 Å². The predicted molar refractivity (Wildman–Crippen MR) is 218 cm³/mol. The normalized spacial score (nSPS) is 25.1. The Morgan fingerprint density at radius 1 is 0.828 bits per heavy atom. The Labute approximate surface area is 343 Å². The molecule has 0 unspecified atom stereocenters. The number of likely N-dealkylation sites (N-methyl/N-ethyl adjacent to an activating group) is 1. The number of carbonyl (C=O) groups is 7. The van der Waals surface area contributed by atoms with Crippen LogP contribution in [0.15, 0.2) is 30.3 Å². The summed E-state index contributed by atoms with van der Waals surface area (Å²) < 4.78 is 11.5. The third kappa shape index (κ3) is 16.6. The van der Waals surface area contributed by atoms with Crippen LogP contribution in [0.3, 0.4) is 0 Å². The van der Waals surface area contributed by atoms with Crippen LogP contribution in [-0.4, -0.2) is 103 Å². The van der Waals surface area contributed by atoms with Crippen LogP contribution in [0.25, 0.3) is 0 Å². The molecule has 7 N–H and O–H groups in total. The number of carbonyl (C=O) groups excluding carboxylic acids is 7. The summed E-state index contributed by atoms with van der Waals surface area (Å²) in [4.78, 5) is 96.5. The molecule has 0 bridgehead atoms. The number of nitrogens with zero attached hydrogens (tertiary/aromatic N) is 1. The van der Waals surface area contributed by atoms with E-state index in [1.54, 1.807) is 38.2 Å². The van der Waals surface area contributed by atoms with Crippen molar-refractivity contribution in [3.8, 4) is 0 Å². The maximum Gasteiger partial charge on any atom is 0.407 e. The number of hydrogen-bond donors (Lipinski definition) is 6. The molecule has 16 nitrogen and oxygen atoms in total. The molecule has 2 fully saturated rings. The lowest BCUT2D eigenvalue weighted by Gasteiger charge is -2.33. The van der Waals surface area contributed by atoms with Gasteiger partial charge in [0.15, 0.2) is 0 Å². The van der Waals surface area contributed by atoms with Crippen molar-refractivity contribution in [1.82, 2.24) is 31.5 Å². The Bertz CT molecular complexity index is 1490. The van der Waals surface area contributed by atoms with Crippen LogP contribution in [0, 0.1) is 5.92 Å². The third-order valence-corrected chi connectivity index (χ3v) is 10.8. The molecule has 3 rings (SSSR count). The fraction of sp³-hybridized carbons (Fsp3) is 0.690. The van der Waals surface area contributed by atoms with Gasteiger partial charge in [0, 0.05) is 13.1 Å². The molecule has 2 aliphatic rings. The van der Waals surface area contributed by atoms with Crippen molar-refractivity contribution in [2.24, 2.45) is 11.7 Å². The summed E-state index contributed by atoms with van der Waals surface area (Å²) in [6.07, 6.45) is 8.34. The fourth-order valence-corrected chi connectivity index (χ4v) is 7.40. The SMILES string of the molecule is CCCCCC[C@@H]1CC(=O)N(C)[C@@H](CCC)C(=O)N[C@@H](C2CCCCCC2)C(=O)N[C@@H](CNC(=O)OCc2ccccc2)C(=O)N[C@@H](CC(N)=O)C(=O)N[C@H](C)CO1. The molecule has 1 saturated carbocycles. The first kappa shape index (κ1) is 47.6. The van der Waals surface area contributed by atoms with E-state index in [4.69, 9.17) is 15.2 Å². The molecule has 7 amide bonds. The number of primary amides is 1. The third-order valence-electron chi connectivity index (χ3n) is 10.8. The molecule has 58 heavy (non-hydrogen) atoms. The lowest BCUT2D eigenvalue weighted by atomic mass is 9.90. The highest BCUT2D eigenvalue weighted by Crippen LogP contribution is 2.26. The first-order valence-electron chi connectivity index (χ1n) is 21.1. The van der Waals surface area contributed by atoms with E-state index in [1.165, 1.54) is 4.90 Å². The Morgan fingerprint density at radius 3 is 2.16 bits per heavy atom. The Hall–Kier alpha value is -4.73. The molecule has 1 aromatic carbocycles. The fourth-order valence-electron chi connectivity index (χ4n) is 7.40. The number of nitrogens with one attached hydrogen (secondary N) is 5. The van der Waals surface area contributed by atoms with Gasteiger partial charge >= 0.3 is 6.09 Å². The van der Waals surface area contributed by atoms with Crippen molar-refractivity contribution in [3.05, 3.63) is 35.9 Å². The highest BCUT2D eigenvalue weighted by atomic mass is 16.5. The second kappa shape index (κ2) is 25.6. The van der Waals surface area contributed by atoms with Crippen LogP contribution in [0.4, 0.5) is 4.79 Å². The van der Waals surface area contributed by atoms with E-state index in [0.717, 1.165) is 56.9 Å². The van der Waals surface area contributed by atoms with Crippen molar-refractivity contribution in [2.45, 2.75) is 160 Å². The van der Waals surface area contributed by atoms with Crippen molar-refractivity contribution in [2.75, 3.05) is 20.2 Å². The van der Waals surface area contributed by atoms with Gasteiger partial charge in [-0.1, -0.05) is 102 Å². The molecule has 1 heterocycles. The van der Waals surface area contributed by atoms with Crippen LogP contribution in [0.2, 0.25) is 0 Å². The summed E-state index contributed by atoms with van der Waals surface area (Å²) in [7, 11) is 1.59. The first-order chi connectivity index (χ1) is 27.8. The van der Waals surface area contributed by atoms with Crippen molar-refractivity contribution in [3.63, 3.8) is 0 Å². The number of ether oxygens (including phenoxy) is 2. The Morgan fingerprint density at radius 2 is 1.50 bits per heavy atom. The number of alkyl carbamates (subject to hydrolysis) is 1. The maximum atomic E-state index is 14.4. The monoisotopic (exact) mass is 814 g/mol. The molecular formula is C42H67N7O9. The van der Waals surface area contributed by atoms with E-state index >= 15 is 0 Å². The zero-order valence-electron chi connectivity index (χ0n) is 34.9. The number of nitrogens with two attached hydrogens (primary N) is 1. The Balaban J connectivity index is 2.00. The van der Waals surface area contributed by atoms with E-state index in [0.29, 0.717) is 32.1 Å². The molecule has 1 aliphatic carbocycles. The van der Waals surface area contributed by atoms with E-state index < -0.39 is 84.9 Å². The minimum atomic E-state index is -1.47. The van der Waals surface area contributed by atoms with Gasteiger partial charge in [0.25, 0.3) is 0 Å². The van der Waals surface area contributed by atoms with Gasteiger partial charge in [0.2, 0.25) is 35.4 Å². The zero-order valence-corrected chi connectivity index (χ0v) is 34.9. The summed E-state index contributed by atoms with van der Waals surface area (Å²) in [5.74, 6) is -4.21. The van der Waals surface area contributed by atoms with Crippen LogP contribution >= 0.6 is 0 Å². The minimum Gasteiger partial charge on any atom is -0.445 e. The van der Waals surface area contributed by atoms with E-state index in [2.05, 4.69) is 33.5 Å². The molecule has 324 valence electrons. The predicted octanol–water partition coefficient (Wildman–Crippen LogP) is 3.10. The average molecular weight is 814 g/mol. The number of amides is 7. The van der Waals surface area contributed by atoms with Gasteiger partial charge in [-0.15, -0.1) is 0 Å². The lowest BCUT2D eigenvalue weighted by molar-refractivity contribution is -0.143. The highest BCUT2D eigenvalue weighted by molar-refractivity contribution is 5.97. The smallest absolute Gasteiger partial charge is 0.407 e. The molecule has 0 radical (unpaired) electrons. The largest absolute Gasteiger partial charge is 0.445 e. The van der Waals surface area contributed by atoms with E-state index in [9.17, 15) is 33.6 Å². The van der Waals surface area contributed by atoms with Gasteiger partial charge in [-0.05, 0) is 44.1 Å². The van der Waals surface area contributed by atoms with Crippen LogP contribution in [0.5, 0.6) is 0 Å². The highest BCUT2D eigenvalue weighted by Gasteiger charge is 2.37. The second-order valence-electron chi connectivity index (χ2n) is 15.7. The standard InChI is InChI=1S/C42H67N7O9/c1-5-7-8-16-22-31-23-36(51)49(4)34(17-6-2)40(54)48-37(30-20-14-9-10-15-21-30)41(55)47-33(25-44-42(56)58-27-29-18-12-11-13-19-29)39(53)46-32(24-35(43)50)38(52)45-28(3)26-57-31/h11-13,18-19,28,30-34,37H,5-10,14-17,20-27H2,1-4H3,(H2,43,50)(H,44,56)(H,45,52)(H,46,53)(H,47,55)(H,48,54)/t28-,31-,32+,33+,34+,37+/m1/s1. The minimum absolute atomic E-state index is 0.00610. The van der Waals surface area contributed by atoms with Crippen LogP contribution in [-0.2, 0) is 44.8 Å².